The van der Waals surface area contributed by atoms with Crippen molar-refractivity contribution in [1.29, 1.82) is 5.26 Å². The van der Waals surface area contributed by atoms with Crippen molar-refractivity contribution in [3.05, 3.63) is 58.6 Å². The Morgan fingerprint density at radius 2 is 2.03 bits per heavy atom. The van der Waals surface area contributed by atoms with E-state index < -0.39 is 5.97 Å². The van der Waals surface area contributed by atoms with Gasteiger partial charge in [0.05, 0.1) is 16.8 Å². The average molecular weight is 418 g/mol. The predicted molar refractivity (Wildman–Crippen MR) is 108 cm³/mol. The van der Waals surface area contributed by atoms with Gasteiger partial charge in [-0.2, -0.15) is 5.26 Å². The second-order valence-corrected chi connectivity index (χ2v) is 7.28. The molecule has 148 valence electrons. The van der Waals surface area contributed by atoms with Crippen LogP contribution in [0.5, 0.6) is 11.5 Å². The van der Waals surface area contributed by atoms with Crippen molar-refractivity contribution in [2.24, 2.45) is 7.05 Å². The van der Waals surface area contributed by atoms with Crippen molar-refractivity contribution < 1.29 is 14.6 Å². The molecule has 4 aromatic rings. The van der Waals surface area contributed by atoms with Gasteiger partial charge in [0.2, 0.25) is 0 Å². The Kier molecular flexibility index (Phi) is 4.95. The topological polar surface area (TPSA) is 127 Å². The molecular formula is C20H14N6O3S. The first-order valence-electron chi connectivity index (χ1n) is 8.72. The molecule has 0 amide bonds. The number of ether oxygens (including phenoxy) is 1. The SMILES string of the molecule is Cc1nc(-c2ccc(Oc3ccccc3C#N)c(-c3nnnn3C)c2)sc1C(=O)O. The maximum Gasteiger partial charge on any atom is 0.347 e. The van der Waals surface area contributed by atoms with Crippen molar-refractivity contribution in [3.8, 4) is 39.5 Å². The second kappa shape index (κ2) is 7.73. The molecule has 0 atom stereocenters. The Balaban J connectivity index is 1.84. The van der Waals surface area contributed by atoms with Gasteiger partial charge in [-0.1, -0.05) is 12.1 Å². The number of carboxylic acid groups (broad SMARTS) is 1. The van der Waals surface area contributed by atoms with Gasteiger partial charge in [-0.05, 0) is 47.7 Å². The third-order valence-corrected chi connectivity index (χ3v) is 5.50. The highest BCUT2D eigenvalue weighted by Gasteiger charge is 2.19. The number of para-hydroxylation sites is 1. The Labute approximate surface area is 174 Å². The number of nitriles is 1. The van der Waals surface area contributed by atoms with Crippen LogP contribution >= 0.6 is 11.3 Å². The lowest BCUT2D eigenvalue weighted by Gasteiger charge is -2.12. The lowest BCUT2D eigenvalue weighted by molar-refractivity contribution is 0.0701. The zero-order chi connectivity index (χ0) is 21.3. The Hall–Kier alpha value is -4.10. The van der Waals surface area contributed by atoms with Crippen molar-refractivity contribution in [2.45, 2.75) is 6.92 Å². The third kappa shape index (κ3) is 3.49. The van der Waals surface area contributed by atoms with Crippen LogP contribution in [0.2, 0.25) is 0 Å². The fraction of sp³-hybridized carbons (Fsp3) is 0.100. The molecular weight excluding hydrogens is 404 g/mol. The number of thiazole rings is 1. The highest BCUT2D eigenvalue weighted by molar-refractivity contribution is 7.17. The van der Waals surface area contributed by atoms with Crippen molar-refractivity contribution in [2.75, 3.05) is 0 Å². The summed E-state index contributed by atoms with van der Waals surface area (Å²) in [7, 11) is 1.70. The summed E-state index contributed by atoms with van der Waals surface area (Å²) in [5.74, 6) is 0.295. The monoisotopic (exact) mass is 418 g/mol. The minimum Gasteiger partial charge on any atom is -0.477 e. The largest absolute Gasteiger partial charge is 0.477 e. The number of tetrazole rings is 1. The number of hydrogen-bond donors (Lipinski definition) is 1. The van der Waals surface area contributed by atoms with Gasteiger partial charge in [-0.3, -0.25) is 0 Å². The van der Waals surface area contributed by atoms with Crippen LogP contribution in [0.15, 0.2) is 42.5 Å². The van der Waals surface area contributed by atoms with Crippen LogP contribution in [-0.2, 0) is 7.05 Å². The lowest BCUT2D eigenvalue weighted by Crippen LogP contribution is -1.98. The predicted octanol–water partition coefficient (Wildman–Crippen LogP) is 3.67. The van der Waals surface area contributed by atoms with E-state index in [0.29, 0.717) is 44.7 Å². The molecule has 0 aliphatic carbocycles. The minimum atomic E-state index is -1.01. The molecule has 4 rings (SSSR count). The van der Waals surface area contributed by atoms with E-state index in [1.54, 1.807) is 56.4 Å². The normalized spacial score (nSPS) is 10.6. The number of aromatic carboxylic acids is 1. The molecule has 9 nitrogen and oxygen atoms in total. The van der Waals surface area contributed by atoms with E-state index >= 15 is 0 Å². The van der Waals surface area contributed by atoms with Gasteiger partial charge in [0.25, 0.3) is 0 Å². The molecule has 2 aromatic carbocycles. The second-order valence-electron chi connectivity index (χ2n) is 6.29. The number of carbonyl (C=O) groups is 1. The van der Waals surface area contributed by atoms with Gasteiger partial charge in [-0.15, -0.1) is 16.4 Å². The molecule has 10 heteroatoms. The molecule has 0 bridgehead atoms. The highest BCUT2D eigenvalue weighted by Crippen LogP contribution is 2.38. The fourth-order valence-corrected chi connectivity index (χ4v) is 3.77. The van der Waals surface area contributed by atoms with Crippen LogP contribution in [0.3, 0.4) is 0 Å². The number of rotatable bonds is 5. The highest BCUT2D eigenvalue weighted by atomic mass is 32.1. The molecule has 0 fully saturated rings. The van der Waals surface area contributed by atoms with Crippen molar-refractivity contribution in [1.82, 2.24) is 25.2 Å². The molecule has 0 saturated carbocycles. The van der Waals surface area contributed by atoms with E-state index in [9.17, 15) is 15.2 Å². The molecule has 1 N–H and O–H groups in total. The maximum absolute atomic E-state index is 11.4. The van der Waals surface area contributed by atoms with Crippen LogP contribution in [0.1, 0.15) is 20.9 Å². The average Bonchev–Trinajstić information content (AvgIpc) is 3.34. The van der Waals surface area contributed by atoms with Crippen molar-refractivity contribution >= 4 is 17.3 Å². The van der Waals surface area contributed by atoms with E-state index in [2.05, 4.69) is 26.6 Å². The number of hydrogen-bond acceptors (Lipinski definition) is 8. The summed E-state index contributed by atoms with van der Waals surface area (Å²) in [5.41, 5.74) is 2.13. The van der Waals surface area contributed by atoms with Crippen LogP contribution in [0, 0.1) is 18.3 Å². The molecule has 0 aliphatic rings. The summed E-state index contributed by atoms with van der Waals surface area (Å²) >= 11 is 1.09. The Morgan fingerprint density at radius 1 is 1.23 bits per heavy atom. The first-order valence-corrected chi connectivity index (χ1v) is 9.54. The molecule has 2 aromatic heterocycles. The summed E-state index contributed by atoms with van der Waals surface area (Å²) in [6, 6.07) is 14.3. The summed E-state index contributed by atoms with van der Waals surface area (Å²) in [6.07, 6.45) is 0. The van der Waals surface area contributed by atoms with Gasteiger partial charge in [0.1, 0.15) is 27.5 Å². The Bertz CT molecular complexity index is 1300. The van der Waals surface area contributed by atoms with Gasteiger partial charge in [0.15, 0.2) is 5.82 Å². The quantitative estimate of drug-likeness (QED) is 0.520. The number of aryl methyl sites for hydroxylation is 2. The van der Waals surface area contributed by atoms with E-state index in [1.807, 2.05) is 0 Å². The lowest BCUT2D eigenvalue weighted by atomic mass is 10.1. The van der Waals surface area contributed by atoms with E-state index in [1.165, 1.54) is 4.68 Å². The summed E-state index contributed by atoms with van der Waals surface area (Å²) in [6.45, 7) is 1.66. The van der Waals surface area contributed by atoms with Crippen molar-refractivity contribution in [3.63, 3.8) is 0 Å². The molecule has 2 heterocycles. The summed E-state index contributed by atoms with van der Waals surface area (Å²) in [4.78, 5) is 16.0. The number of aromatic nitrogens is 5. The summed E-state index contributed by atoms with van der Waals surface area (Å²) < 4.78 is 7.52. The third-order valence-electron chi connectivity index (χ3n) is 4.31. The van der Waals surface area contributed by atoms with Crippen LogP contribution in [-0.4, -0.2) is 36.3 Å². The number of benzene rings is 2. The minimum absolute atomic E-state index is 0.190. The van der Waals surface area contributed by atoms with Gasteiger partial charge >= 0.3 is 5.97 Å². The molecule has 0 unspecified atom stereocenters. The fourth-order valence-electron chi connectivity index (χ4n) is 2.87. The van der Waals surface area contributed by atoms with Gasteiger partial charge in [0, 0.05) is 12.6 Å². The molecule has 0 saturated heterocycles. The standard InChI is InChI=1S/C20H14N6O3S/c1-11-17(20(27)28)30-19(22-11)12-7-8-16(14(9-12)18-23-24-25-26(18)2)29-15-6-4-3-5-13(15)10-21/h3-9H,1-2H3,(H,27,28). The summed E-state index contributed by atoms with van der Waals surface area (Å²) in [5, 5.41) is 30.8. The Morgan fingerprint density at radius 3 is 2.70 bits per heavy atom. The molecule has 30 heavy (non-hydrogen) atoms. The van der Waals surface area contributed by atoms with E-state index in [0.717, 1.165) is 11.3 Å². The molecule has 0 aliphatic heterocycles. The first kappa shape index (κ1) is 19.2. The van der Waals surface area contributed by atoms with Gasteiger partial charge in [-0.25, -0.2) is 14.5 Å². The van der Waals surface area contributed by atoms with Gasteiger partial charge < -0.3 is 9.84 Å². The van der Waals surface area contributed by atoms with E-state index in [-0.39, 0.29) is 4.88 Å². The number of nitrogens with zero attached hydrogens (tertiary/aromatic N) is 6. The first-order chi connectivity index (χ1) is 14.5. The smallest absolute Gasteiger partial charge is 0.347 e. The molecule has 0 radical (unpaired) electrons. The zero-order valence-corrected chi connectivity index (χ0v) is 16.7. The van der Waals surface area contributed by atoms with Crippen LogP contribution in [0.4, 0.5) is 0 Å². The maximum atomic E-state index is 11.4. The van der Waals surface area contributed by atoms with E-state index in [4.69, 9.17) is 4.74 Å². The zero-order valence-electron chi connectivity index (χ0n) is 15.9. The number of carboxylic acids is 1. The molecule has 0 spiro atoms. The van der Waals surface area contributed by atoms with Crippen LogP contribution in [0.25, 0.3) is 22.0 Å². The van der Waals surface area contributed by atoms with Crippen LogP contribution < -0.4 is 4.74 Å².